The highest BCUT2D eigenvalue weighted by atomic mass is 35.5. The number of halogens is 1. The van der Waals surface area contributed by atoms with E-state index >= 15 is 0 Å². The number of urea groups is 1. The first kappa shape index (κ1) is 33.2. The minimum atomic E-state index is -0.538. The highest BCUT2D eigenvalue weighted by Gasteiger charge is 2.45. The lowest BCUT2D eigenvalue weighted by atomic mass is 9.91. The van der Waals surface area contributed by atoms with Gasteiger partial charge >= 0.3 is 6.03 Å². The normalized spacial score (nSPS) is 24.7. The van der Waals surface area contributed by atoms with Crippen LogP contribution in [-0.2, 0) is 22.4 Å². The lowest BCUT2D eigenvalue weighted by Gasteiger charge is -2.42. The number of hydrogen-bond acceptors (Lipinski definition) is 7. The number of rotatable bonds is 7. The second kappa shape index (κ2) is 13.9. The summed E-state index contributed by atoms with van der Waals surface area (Å²) in [6, 6.07) is 5.39. The zero-order chi connectivity index (χ0) is 33.5. The molecule has 48 heavy (non-hydrogen) atoms. The fourth-order valence-corrected chi connectivity index (χ4v) is 9.80. The standard InChI is InChI=1S/C36H46ClN7O3S/c1-3-24-14-23(16-31(37)34(24)38)15-26(35(46)42-11-7-28(8-12-42)44-20-29-18-30(44)19-40(29)2)17-33(45)41-9-5-27(6-10-41)43-13-4-25-21-48-22-32(25)39-36(43)47/h1,14,16,21-22,26-30H,4-13,15,17-20,38H2,2H3,(H,39,47)/t26-,29?,30?/m0/s1. The average molecular weight is 692 g/mol. The Bertz CT molecular complexity index is 1590. The number of benzene rings is 1. The van der Waals surface area contributed by atoms with E-state index in [1.165, 1.54) is 12.0 Å². The zero-order valence-corrected chi connectivity index (χ0v) is 29.3. The maximum Gasteiger partial charge on any atom is 0.322 e. The van der Waals surface area contributed by atoms with Gasteiger partial charge in [0.15, 0.2) is 0 Å². The Balaban J connectivity index is 0.995. The van der Waals surface area contributed by atoms with Crippen LogP contribution in [0.25, 0.3) is 0 Å². The number of carbonyl (C=O) groups is 3. The Morgan fingerprint density at radius 1 is 1.02 bits per heavy atom. The van der Waals surface area contributed by atoms with Crippen molar-refractivity contribution in [2.45, 2.75) is 75.5 Å². The molecule has 1 aromatic heterocycles. The lowest BCUT2D eigenvalue weighted by molar-refractivity contribution is -0.143. The van der Waals surface area contributed by atoms with Crippen molar-refractivity contribution in [1.82, 2.24) is 24.5 Å². The summed E-state index contributed by atoms with van der Waals surface area (Å²) in [6.07, 6.45) is 11.6. The van der Waals surface area contributed by atoms with Gasteiger partial charge in [-0.3, -0.25) is 14.5 Å². The molecule has 6 heterocycles. The molecule has 0 saturated carbocycles. The molecular formula is C36H46ClN7O3S. The predicted molar refractivity (Wildman–Crippen MR) is 190 cm³/mol. The molecule has 12 heteroatoms. The van der Waals surface area contributed by atoms with Crippen molar-refractivity contribution in [2.75, 3.05) is 63.9 Å². The van der Waals surface area contributed by atoms with Crippen molar-refractivity contribution < 1.29 is 14.4 Å². The number of nitrogens with two attached hydrogens (primary N) is 1. The topological polar surface area (TPSA) is 105 Å². The van der Waals surface area contributed by atoms with Crippen molar-refractivity contribution >= 4 is 52.2 Å². The van der Waals surface area contributed by atoms with Gasteiger partial charge in [-0.25, -0.2) is 4.79 Å². The van der Waals surface area contributed by atoms with E-state index in [9.17, 15) is 14.4 Å². The monoisotopic (exact) mass is 691 g/mol. The summed E-state index contributed by atoms with van der Waals surface area (Å²) in [7, 11) is 2.22. The number of anilines is 2. The highest BCUT2D eigenvalue weighted by Crippen LogP contribution is 2.35. The van der Waals surface area contributed by atoms with E-state index in [2.05, 4.69) is 33.5 Å². The minimum absolute atomic E-state index is 0.0168. The first-order valence-corrected chi connectivity index (χ1v) is 18.7. The largest absolute Gasteiger partial charge is 0.397 e. The van der Waals surface area contributed by atoms with E-state index in [0.29, 0.717) is 86.4 Å². The molecule has 5 aliphatic rings. The smallest absolute Gasteiger partial charge is 0.322 e. The molecule has 256 valence electrons. The number of nitrogens with zero attached hydrogens (tertiary/aromatic N) is 5. The predicted octanol–water partition coefficient (Wildman–Crippen LogP) is 3.97. The van der Waals surface area contributed by atoms with Gasteiger partial charge in [0.25, 0.3) is 0 Å². The van der Waals surface area contributed by atoms with Crippen molar-refractivity contribution in [3.05, 3.63) is 44.6 Å². The second-order valence-electron chi connectivity index (χ2n) is 14.3. The first-order valence-electron chi connectivity index (χ1n) is 17.4. The molecule has 5 aliphatic heterocycles. The number of carbonyl (C=O) groups excluding carboxylic acids is 3. The van der Waals surface area contributed by atoms with Crippen LogP contribution in [0.4, 0.5) is 16.2 Å². The third-order valence-corrected chi connectivity index (χ3v) is 12.6. The van der Waals surface area contributed by atoms with Gasteiger partial charge in [-0.05, 0) is 80.6 Å². The van der Waals surface area contributed by atoms with Crippen LogP contribution in [0.3, 0.4) is 0 Å². The fraction of sp³-hybridized carbons (Fsp3) is 0.583. The van der Waals surface area contributed by atoms with Gasteiger partial charge < -0.3 is 30.7 Å². The molecule has 10 nitrogen and oxygen atoms in total. The molecule has 4 fully saturated rings. The maximum absolute atomic E-state index is 14.2. The summed E-state index contributed by atoms with van der Waals surface area (Å²) < 4.78 is 0. The fourth-order valence-electron chi connectivity index (χ4n) is 8.73. The summed E-state index contributed by atoms with van der Waals surface area (Å²) in [4.78, 5) is 52.0. The number of fused-ring (bicyclic) bond motifs is 3. The second-order valence-corrected chi connectivity index (χ2v) is 15.5. The average Bonchev–Trinajstić information content (AvgIpc) is 3.79. The number of nitrogen functional groups attached to an aromatic ring is 1. The van der Waals surface area contributed by atoms with Gasteiger partial charge in [-0.1, -0.05) is 17.5 Å². The minimum Gasteiger partial charge on any atom is -0.397 e. The van der Waals surface area contributed by atoms with E-state index < -0.39 is 5.92 Å². The van der Waals surface area contributed by atoms with E-state index in [-0.39, 0.29) is 30.3 Å². The molecule has 7 rings (SSSR count). The Morgan fingerprint density at radius 3 is 2.44 bits per heavy atom. The molecule has 2 bridgehead atoms. The molecule has 2 unspecified atom stereocenters. The summed E-state index contributed by atoms with van der Waals surface area (Å²) in [5.74, 6) is 2.05. The van der Waals surface area contributed by atoms with Crippen LogP contribution in [0.5, 0.6) is 0 Å². The highest BCUT2D eigenvalue weighted by molar-refractivity contribution is 7.08. The van der Waals surface area contributed by atoms with Crippen molar-refractivity contribution in [3.63, 3.8) is 0 Å². The van der Waals surface area contributed by atoms with E-state index in [1.807, 2.05) is 26.1 Å². The van der Waals surface area contributed by atoms with Crippen LogP contribution >= 0.6 is 22.9 Å². The number of likely N-dealkylation sites (tertiary alicyclic amines) is 4. The molecule has 4 amide bonds. The maximum atomic E-state index is 14.2. The summed E-state index contributed by atoms with van der Waals surface area (Å²) in [6.45, 7) is 5.45. The molecule has 0 spiro atoms. The number of piperidine rings is 2. The number of hydrogen-bond donors (Lipinski definition) is 2. The van der Waals surface area contributed by atoms with Crippen LogP contribution < -0.4 is 11.1 Å². The van der Waals surface area contributed by atoms with Crippen LogP contribution in [0.1, 0.15) is 55.2 Å². The molecule has 2 aromatic rings. The van der Waals surface area contributed by atoms with E-state index in [4.69, 9.17) is 23.8 Å². The number of amides is 4. The molecule has 0 radical (unpaired) electrons. The SMILES string of the molecule is C#Cc1cc(C[C@@H](CC(=O)N2CCC(N3CCc4cscc4NC3=O)CC2)C(=O)N2CCC(N3CC4CC3CN4C)CC2)cc(Cl)c1N. The molecule has 0 aliphatic carbocycles. The lowest BCUT2D eigenvalue weighted by Crippen LogP contribution is -2.54. The Kier molecular flexibility index (Phi) is 9.62. The number of terminal acetylenes is 1. The van der Waals surface area contributed by atoms with Gasteiger partial charge in [0.2, 0.25) is 11.8 Å². The number of nitrogens with one attached hydrogen (secondary N) is 1. The number of likely N-dealkylation sites (N-methyl/N-ethyl adjacent to an activating group) is 1. The van der Waals surface area contributed by atoms with Gasteiger partial charge in [0.1, 0.15) is 0 Å². The van der Waals surface area contributed by atoms with Crippen LogP contribution in [0, 0.1) is 18.3 Å². The van der Waals surface area contributed by atoms with Gasteiger partial charge in [0, 0.05) is 87.3 Å². The molecule has 3 atom stereocenters. The van der Waals surface area contributed by atoms with E-state index in [0.717, 1.165) is 43.6 Å². The van der Waals surface area contributed by atoms with Gasteiger partial charge in [-0.2, -0.15) is 0 Å². The van der Waals surface area contributed by atoms with Crippen molar-refractivity contribution in [2.24, 2.45) is 5.92 Å². The number of thiophene rings is 1. The Morgan fingerprint density at radius 2 is 1.75 bits per heavy atom. The van der Waals surface area contributed by atoms with Crippen molar-refractivity contribution in [1.29, 1.82) is 0 Å². The zero-order valence-electron chi connectivity index (χ0n) is 27.7. The quantitative estimate of drug-likeness (QED) is 0.337. The Hall–Kier alpha value is -3.30. The van der Waals surface area contributed by atoms with Crippen molar-refractivity contribution in [3.8, 4) is 12.3 Å². The van der Waals surface area contributed by atoms with Gasteiger partial charge in [-0.15, -0.1) is 17.8 Å². The van der Waals surface area contributed by atoms with Crippen LogP contribution in [0.2, 0.25) is 5.02 Å². The summed E-state index contributed by atoms with van der Waals surface area (Å²) in [5.41, 5.74) is 9.83. The molecule has 4 saturated heterocycles. The van der Waals surface area contributed by atoms with Crippen LogP contribution in [-0.4, -0.2) is 119 Å². The molecular weight excluding hydrogens is 646 g/mol. The molecule has 1 aromatic carbocycles. The van der Waals surface area contributed by atoms with Crippen LogP contribution in [0.15, 0.2) is 22.9 Å². The first-order chi connectivity index (χ1) is 23.2. The third kappa shape index (κ3) is 6.65. The number of piperazine rings is 1. The summed E-state index contributed by atoms with van der Waals surface area (Å²) >= 11 is 8.04. The van der Waals surface area contributed by atoms with E-state index in [1.54, 1.807) is 17.4 Å². The third-order valence-electron chi connectivity index (χ3n) is 11.5. The molecule has 3 N–H and O–H groups in total. The Labute approximate surface area is 292 Å². The van der Waals surface area contributed by atoms with Gasteiger partial charge in [0.05, 0.1) is 22.3 Å². The summed E-state index contributed by atoms with van der Waals surface area (Å²) in [5, 5.41) is 7.50.